The van der Waals surface area contributed by atoms with E-state index in [1.165, 1.54) is 6.07 Å². The Kier molecular flexibility index (Phi) is 3.67. The number of hydrogen-bond acceptors (Lipinski definition) is 4. The Bertz CT molecular complexity index is 861. The Labute approximate surface area is 127 Å². The van der Waals surface area contributed by atoms with Crippen LogP contribution in [0.15, 0.2) is 47.4 Å². The summed E-state index contributed by atoms with van der Waals surface area (Å²) in [7, 11) is -3.82. The van der Waals surface area contributed by atoms with Crippen LogP contribution in [0.1, 0.15) is 12.8 Å². The average Bonchev–Trinajstić information content (AvgIpc) is 2.49. The van der Waals surface area contributed by atoms with E-state index in [4.69, 9.17) is 0 Å². The van der Waals surface area contributed by atoms with E-state index >= 15 is 0 Å². The molecule has 2 aromatic rings. The van der Waals surface area contributed by atoms with E-state index in [0.717, 1.165) is 10.8 Å². The van der Waals surface area contributed by atoms with Gasteiger partial charge in [0.15, 0.2) is 0 Å². The van der Waals surface area contributed by atoms with E-state index in [1.54, 1.807) is 12.1 Å². The first-order chi connectivity index (χ1) is 10.5. The van der Waals surface area contributed by atoms with Crippen LogP contribution in [0.2, 0.25) is 0 Å². The number of nitrogens with one attached hydrogen (secondary N) is 2. The maximum Gasteiger partial charge on any atom is 0.244 e. The number of carbonyl (C=O) groups is 2. The zero-order chi connectivity index (χ0) is 15.7. The molecule has 2 aromatic carbocycles. The highest BCUT2D eigenvalue weighted by Crippen LogP contribution is 2.19. The molecule has 0 aliphatic carbocycles. The summed E-state index contributed by atoms with van der Waals surface area (Å²) < 4.78 is 27.1. The molecule has 1 unspecified atom stereocenters. The molecular weight excluding hydrogens is 304 g/mol. The molecule has 22 heavy (non-hydrogen) atoms. The number of amides is 2. The summed E-state index contributed by atoms with van der Waals surface area (Å²) in [6.45, 7) is 0. The largest absolute Gasteiger partial charge is 0.295 e. The van der Waals surface area contributed by atoms with Gasteiger partial charge in [0.25, 0.3) is 0 Å². The van der Waals surface area contributed by atoms with Crippen LogP contribution >= 0.6 is 0 Å². The Morgan fingerprint density at radius 1 is 1.05 bits per heavy atom. The van der Waals surface area contributed by atoms with Crippen LogP contribution in [0.3, 0.4) is 0 Å². The predicted molar refractivity (Wildman–Crippen MR) is 80.4 cm³/mol. The van der Waals surface area contributed by atoms with Crippen molar-refractivity contribution in [1.82, 2.24) is 10.0 Å². The van der Waals surface area contributed by atoms with Crippen molar-refractivity contribution in [3.8, 4) is 0 Å². The van der Waals surface area contributed by atoms with Gasteiger partial charge < -0.3 is 0 Å². The van der Waals surface area contributed by atoms with Crippen LogP contribution in [0.4, 0.5) is 0 Å². The maximum atomic E-state index is 12.4. The molecule has 3 rings (SSSR count). The van der Waals surface area contributed by atoms with Crippen LogP contribution < -0.4 is 10.0 Å². The van der Waals surface area contributed by atoms with Gasteiger partial charge >= 0.3 is 0 Å². The molecule has 6 nitrogen and oxygen atoms in total. The molecule has 2 N–H and O–H groups in total. The fourth-order valence-corrected chi connectivity index (χ4v) is 3.66. The smallest absolute Gasteiger partial charge is 0.244 e. The number of piperidine rings is 1. The number of fused-ring (bicyclic) bond motifs is 1. The molecule has 1 atom stereocenters. The summed E-state index contributed by atoms with van der Waals surface area (Å²) in [5, 5.41) is 3.86. The van der Waals surface area contributed by atoms with E-state index in [0.29, 0.717) is 0 Å². The van der Waals surface area contributed by atoms with Crippen molar-refractivity contribution in [2.75, 3.05) is 0 Å². The molecular formula is C15H14N2O4S. The monoisotopic (exact) mass is 318 g/mol. The molecule has 0 saturated carbocycles. The number of rotatable bonds is 3. The fourth-order valence-electron chi connectivity index (χ4n) is 2.40. The summed E-state index contributed by atoms with van der Waals surface area (Å²) in [6.07, 6.45) is 0.286. The number of imide groups is 1. The first-order valence-electron chi connectivity index (χ1n) is 6.80. The van der Waals surface area contributed by atoms with Gasteiger partial charge in [0, 0.05) is 6.42 Å². The van der Waals surface area contributed by atoms with Crippen molar-refractivity contribution >= 4 is 32.6 Å². The highest BCUT2D eigenvalue weighted by atomic mass is 32.2. The molecule has 7 heteroatoms. The van der Waals surface area contributed by atoms with E-state index in [-0.39, 0.29) is 23.6 Å². The van der Waals surface area contributed by atoms with Gasteiger partial charge in [-0.3, -0.25) is 14.9 Å². The third-order valence-electron chi connectivity index (χ3n) is 3.57. The van der Waals surface area contributed by atoms with Gasteiger partial charge in [-0.15, -0.1) is 0 Å². The second-order valence-electron chi connectivity index (χ2n) is 5.13. The third kappa shape index (κ3) is 2.86. The van der Waals surface area contributed by atoms with Gasteiger partial charge in [-0.05, 0) is 29.3 Å². The molecule has 1 saturated heterocycles. The van der Waals surface area contributed by atoms with E-state index in [1.807, 2.05) is 24.3 Å². The number of carbonyl (C=O) groups excluding carboxylic acids is 2. The Morgan fingerprint density at radius 3 is 2.50 bits per heavy atom. The Morgan fingerprint density at radius 2 is 1.77 bits per heavy atom. The van der Waals surface area contributed by atoms with Crippen molar-refractivity contribution < 1.29 is 18.0 Å². The molecule has 2 amide bonds. The van der Waals surface area contributed by atoms with Crippen molar-refractivity contribution in [2.24, 2.45) is 0 Å². The van der Waals surface area contributed by atoms with Gasteiger partial charge in [0.2, 0.25) is 21.8 Å². The number of hydrogen-bond donors (Lipinski definition) is 2. The van der Waals surface area contributed by atoms with Crippen molar-refractivity contribution in [3.63, 3.8) is 0 Å². The molecule has 0 aromatic heterocycles. The van der Waals surface area contributed by atoms with Gasteiger partial charge in [0.1, 0.15) is 6.04 Å². The Hall–Kier alpha value is -2.25. The second kappa shape index (κ2) is 5.51. The van der Waals surface area contributed by atoms with E-state index in [9.17, 15) is 18.0 Å². The highest BCUT2D eigenvalue weighted by Gasteiger charge is 2.30. The lowest BCUT2D eigenvalue weighted by molar-refractivity contribution is -0.134. The summed E-state index contributed by atoms with van der Waals surface area (Å²) in [5.74, 6) is -0.994. The van der Waals surface area contributed by atoms with Crippen LogP contribution in [0.25, 0.3) is 10.8 Å². The molecule has 0 radical (unpaired) electrons. The SMILES string of the molecule is O=C1CCC(NS(=O)(=O)c2ccc3ccccc3c2)C(=O)N1. The molecule has 0 spiro atoms. The molecule has 1 fully saturated rings. The van der Waals surface area contributed by atoms with Crippen LogP contribution in [-0.2, 0) is 19.6 Å². The standard InChI is InChI=1S/C15H14N2O4S/c18-14-8-7-13(15(19)16-14)17-22(20,21)12-6-5-10-3-1-2-4-11(10)9-12/h1-6,9,13,17H,7-8H2,(H,16,18,19). The first-order valence-corrected chi connectivity index (χ1v) is 8.29. The summed E-state index contributed by atoms with van der Waals surface area (Å²) >= 11 is 0. The minimum atomic E-state index is -3.82. The van der Waals surface area contributed by atoms with Gasteiger partial charge in [-0.2, -0.15) is 4.72 Å². The van der Waals surface area contributed by atoms with Gasteiger partial charge in [-0.25, -0.2) is 8.42 Å². The van der Waals surface area contributed by atoms with Crippen LogP contribution in [0, 0.1) is 0 Å². The van der Waals surface area contributed by atoms with Crippen LogP contribution in [-0.4, -0.2) is 26.3 Å². The highest BCUT2D eigenvalue weighted by molar-refractivity contribution is 7.89. The molecule has 1 heterocycles. The second-order valence-corrected chi connectivity index (χ2v) is 6.85. The minimum absolute atomic E-state index is 0.0934. The van der Waals surface area contributed by atoms with Crippen LogP contribution in [0.5, 0.6) is 0 Å². The minimum Gasteiger partial charge on any atom is -0.295 e. The lowest BCUT2D eigenvalue weighted by Crippen LogP contribution is -2.52. The third-order valence-corrected chi connectivity index (χ3v) is 5.04. The lowest BCUT2D eigenvalue weighted by atomic mass is 10.1. The summed E-state index contributed by atoms with van der Waals surface area (Å²) in [5.41, 5.74) is 0. The normalized spacial score (nSPS) is 19.2. The lowest BCUT2D eigenvalue weighted by Gasteiger charge is -2.21. The summed E-state index contributed by atoms with van der Waals surface area (Å²) in [4.78, 5) is 22.9. The van der Waals surface area contributed by atoms with E-state index < -0.39 is 22.0 Å². The zero-order valence-electron chi connectivity index (χ0n) is 11.6. The topological polar surface area (TPSA) is 92.3 Å². The summed E-state index contributed by atoms with van der Waals surface area (Å²) in [6, 6.07) is 11.3. The van der Waals surface area contributed by atoms with Crippen molar-refractivity contribution in [3.05, 3.63) is 42.5 Å². The molecule has 114 valence electrons. The molecule has 1 aliphatic rings. The fraction of sp³-hybridized carbons (Fsp3) is 0.200. The maximum absolute atomic E-state index is 12.4. The van der Waals surface area contributed by atoms with E-state index in [2.05, 4.69) is 10.0 Å². The number of benzene rings is 2. The first kappa shape index (κ1) is 14.7. The Balaban J connectivity index is 1.88. The zero-order valence-corrected chi connectivity index (χ0v) is 12.4. The quantitative estimate of drug-likeness (QED) is 0.823. The predicted octanol–water partition coefficient (Wildman–Crippen LogP) is 0.923. The molecule has 1 aliphatic heterocycles. The van der Waals surface area contributed by atoms with Gasteiger partial charge in [0.05, 0.1) is 4.90 Å². The average molecular weight is 318 g/mol. The number of sulfonamides is 1. The molecule has 0 bridgehead atoms. The van der Waals surface area contributed by atoms with Crippen molar-refractivity contribution in [1.29, 1.82) is 0 Å². The van der Waals surface area contributed by atoms with Crippen molar-refractivity contribution in [2.45, 2.75) is 23.8 Å². The van der Waals surface area contributed by atoms with Gasteiger partial charge in [-0.1, -0.05) is 30.3 Å².